The van der Waals surface area contributed by atoms with E-state index in [-0.39, 0.29) is 17.5 Å². The fourth-order valence-electron chi connectivity index (χ4n) is 1.81. The van der Waals surface area contributed by atoms with Crippen molar-refractivity contribution in [3.8, 4) is 11.5 Å². The Morgan fingerprint density at radius 2 is 1.68 bits per heavy atom. The van der Waals surface area contributed by atoms with Crippen molar-refractivity contribution < 1.29 is 18.7 Å². The highest BCUT2D eigenvalue weighted by molar-refractivity contribution is 7.80. The summed E-state index contributed by atoms with van der Waals surface area (Å²) in [7, 11) is 1.61. The van der Waals surface area contributed by atoms with Crippen LogP contribution in [0.15, 0.2) is 48.5 Å². The second-order valence-electron chi connectivity index (χ2n) is 4.95. The van der Waals surface area contributed by atoms with Gasteiger partial charge in [-0.2, -0.15) is 0 Å². The molecule has 0 aliphatic heterocycles. The maximum Gasteiger partial charge on any atom is 0.276 e. The van der Waals surface area contributed by atoms with E-state index in [1.54, 1.807) is 7.11 Å². The molecule has 132 valence electrons. The maximum atomic E-state index is 12.8. The first kappa shape index (κ1) is 18.5. The van der Waals surface area contributed by atoms with Gasteiger partial charge in [0.15, 0.2) is 11.7 Å². The molecule has 0 bridgehead atoms. The van der Waals surface area contributed by atoms with Gasteiger partial charge in [-0.1, -0.05) is 12.1 Å². The molecule has 6 nitrogen and oxygen atoms in total. The molecule has 1 amide bonds. The second kappa shape index (κ2) is 9.43. The Morgan fingerprint density at radius 3 is 2.32 bits per heavy atom. The molecule has 2 aromatic carbocycles. The van der Waals surface area contributed by atoms with Gasteiger partial charge in [-0.15, -0.1) is 0 Å². The summed E-state index contributed by atoms with van der Waals surface area (Å²) >= 11 is 5.07. The molecule has 0 radical (unpaired) electrons. The van der Waals surface area contributed by atoms with Crippen molar-refractivity contribution in [1.82, 2.24) is 16.2 Å². The van der Waals surface area contributed by atoms with E-state index in [0.29, 0.717) is 12.3 Å². The lowest BCUT2D eigenvalue weighted by molar-refractivity contribution is -0.123. The molecule has 0 aliphatic rings. The first-order valence-corrected chi connectivity index (χ1v) is 7.81. The zero-order valence-electron chi connectivity index (χ0n) is 13.5. The summed E-state index contributed by atoms with van der Waals surface area (Å²) < 4.78 is 23.1. The third-order valence-corrected chi connectivity index (χ3v) is 3.36. The third kappa shape index (κ3) is 6.64. The molecule has 0 aliphatic carbocycles. The van der Waals surface area contributed by atoms with Crippen LogP contribution in [0.5, 0.6) is 11.5 Å². The lowest BCUT2D eigenvalue weighted by Gasteiger charge is -2.12. The number of nitrogens with one attached hydrogen (secondary N) is 3. The topological polar surface area (TPSA) is 71.6 Å². The smallest absolute Gasteiger partial charge is 0.276 e. The number of ether oxygens (including phenoxy) is 2. The van der Waals surface area contributed by atoms with Gasteiger partial charge in [-0.05, 0) is 54.2 Å². The highest BCUT2D eigenvalue weighted by atomic mass is 32.1. The largest absolute Gasteiger partial charge is 0.497 e. The number of hydrogen-bond donors (Lipinski definition) is 3. The summed E-state index contributed by atoms with van der Waals surface area (Å²) in [5.74, 6) is 0.388. The fourth-order valence-corrected chi connectivity index (χ4v) is 1.94. The molecule has 0 atom stereocenters. The van der Waals surface area contributed by atoms with Gasteiger partial charge in [0, 0.05) is 6.54 Å². The van der Waals surface area contributed by atoms with Gasteiger partial charge >= 0.3 is 0 Å². The minimum atomic E-state index is -0.419. The number of amides is 1. The van der Waals surface area contributed by atoms with Crippen LogP contribution in [0, 0.1) is 5.82 Å². The number of thiocarbonyl (C=S) groups is 1. The Labute approximate surface area is 150 Å². The zero-order valence-corrected chi connectivity index (χ0v) is 14.4. The SMILES string of the molecule is COc1ccc(CNC(=S)NNC(=O)COc2ccc(F)cc2)cc1. The zero-order chi connectivity index (χ0) is 18.1. The van der Waals surface area contributed by atoms with E-state index in [0.717, 1.165) is 11.3 Å². The predicted molar refractivity (Wildman–Crippen MR) is 95.6 cm³/mol. The van der Waals surface area contributed by atoms with E-state index < -0.39 is 5.91 Å². The molecule has 8 heteroatoms. The van der Waals surface area contributed by atoms with Gasteiger partial charge in [0.05, 0.1) is 7.11 Å². The highest BCUT2D eigenvalue weighted by Crippen LogP contribution is 2.11. The number of methoxy groups -OCH3 is 1. The highest BCUT2D eigenvalue weighted by Gasteiger charge is 2.04. The third-order valence-electron chi connectivity index (χ3n) is 3.11. The van der Waals surface area contributed by atoms with E-state index in [1.807, 2.05) is 24.3 Å². The van der Waals surface area contributed by atoms with Crippen LogP contribution >= 0.6 is 12.2 Å². The summed E-state index contributed by atoms with van der Waals surface area (Å²) in [6.07, 6.45) is 0. The molecule has 25 heavy (non-hydrogen) atoms. The van der Waals surface area contributed by atoms with Crippen LogP contribution in [0.1, 0.15) is 5.56 Å². The molecule has 0 saturated heterocycles. The quantitative estimate of drug-likeness (QED) is 0.538. The lowest BCUT2D eigenvalue weighted by atomic mass is 10.2. The summed E-state index contributed by atoms with van der Waals surface area (Å²) in [5.41, 5.74) is 5.99. The number of halogens is 1. The minimum absolute atomic E-state index is 0.222. The Kier molecular flexibility index (Phi) is 6.97. The summed E-state index contributed by atoms with van der Waals surface area (Å²) in [4.78, 5) is 11.7. The van der Waals surface area contributed by atoms with Crippen LogP contribution in [-0.4, -0.2) is 24.7 Å². The van der Waals surface area contributed by atoms with Crippen molar-refractivity contribution in [2.24, 2.45) is 0 Å². The van der Waals surface area contributed by atoms with Crippen LogP contribution in [0.3, 0.4) is 0 Å². The van der Waals surface area contributed by atoms with E-state index in [1.165, 1.54) is 24.3 Å². The Balaban J connectivity index is 1.64. The van der Waals surface area contributed by atoms with Crippen molar-refractivity contribution in [2.45, 2.75) is 6.54 Å². The van der Waals surface area contributed by atoms with Gasteiger partial charge in [0.1, 0.15) is 17.3 Å². The van der Waals surface area contributed by atoms with Crippen molar-refractivity contribution in [2.75, 3.05) is 13.7 Å². The number of carbonyl (C=O) groups is 1. The number of benzene rings is 2. The second-order valence-corrected chi connectivity index (χ2v) is 5.35. The molecule has 0 spiro atoms. The van der Waals surface area contributed by atoms with Crippen LogP contribution in [0.2, 0.25) is 0 Å². The molecular weight excluding hydrogens is 345 g/mol. The van der Waals surface area contributed by atoms with Crippen LogP contribution < -0.4 is 25.6 Å². The molecule has 2 aromatic rings. The Hall–Kier alpha value is -2.87. The molecular formula is C17H18FN3O3S. The Bertz CT molecular complexity index is 708. The number of carbonyl (C=O) groups excluding carboxylic acids is 1. The summed E-state index contributed by atoms with van der Waals surface area (Å²) in [5, 5.41) is 3.22. The lowest BCUT2D eigenvalue weighted by Crippen LogP contribution is -2.48. The monoisotopic (exact) mass is 363 g/mol. The normalized spacial score (nSPS) is 9.84. The van der Waals surface area contributed by atoms with Crippen molar-refractivity contribution in [3.05, 3.63) is 59.9 Å². The van der Waals surface area contributed by atoms with Crippen LogP contribution in [-0.2, 0) is 11.3 Å². The molecule has 0 unspecified atom stereocenters. The van der Waals surface area contributed by atoms with Crippen LogP contribution in [0.4, 0.5) is 4.39 Å². The van der Waals surface area contributed by atoms with Gasteiger partial charge in [-0.25, -0.2) is 4.39 Å². The molecule has 0 aromatic heterocycles. The van der Waals surface area contributed by atoms with Gasteiger partial charge in [-0.3, -0.25) is 15.6 Å². The van der Waals surface area contributed by atoms with E-state index in [4.69, 9.17) is 21.7 Å². The standard InChI is InChI=1S/C17H18FN3O3S/c1-23-14-6-2-12(3-7-14)10-19-17(25)21-20-16(22)11-24-15-8-4-13(18)5-9-15/h2-9H,10-11H2,1H3,(H,20,22)(H2,19,21,25). The Morgan fingerprint density at radius 1 is 1.04 bits per heavy atom. The molecule has 0 saturated carbocycles. The molecule has 3 N–H and O–H groups in total. The summed E-state index contributed by atoms with van der Waals surface area (Å²) in [6.45, 7) is 0.275. The molecule has 0 heterocycles. The maximum absolute atomic E-state index is 12.8. The number of rotatable bonds is 6. The molecule has 0 fully saturated rings. The van der Waals surface area contributed by atoms with Crippen molar-refractivity contribution >= 4 is 23.2 Å². The number of hydrazine groups is 1. The number of hydrogen-bond acceptors (Lipinski definition) is 4. The van der Waals surface area contributed by atoms with Gasteiger partial charge < -0.3 is 14.8 Å². The summed E-state index contributed by atoms with van der Waals surface area (Å²) in [6, 6.07) is 12.9. The van der Waals surface area contributed by atoms with Crippen LogP contribution in [0.25, 0.3) is 0 Å². The molecule has 2 rings (SSSR count). The van der Waals surface area contributed by atoms with Gasteiger partial charge in [0.25, 0.3) is 5.91 Å². The van der Waals surface area contributed by atoms with E-state index in [2.05, 4.69) is 16.2 Å². The van der Waals surface area contributed by atoms with Gasteiger partial charge in [0.2, 0.25) is 0 Å². The van der Waals surface area contributed by atoms with Crippen molar-refractivity contribution in [3.63, 3.8) is 0 Å². The average Bonchev–Trinajstić information content (AvgIpc) is 2.64. The fraction of sp³-hybridized carbons (Fsp3) is 0.176. The van der Waals surface area contributed by atoms with Crippen molar-refractivity contribution in [1.29, 1.82) is 0 Å². The predicted octanol–water partition coefficient (Wildman–Crippen LogP) is 1.91. The first-order valence-electron chi connectivity index (χ1n) is 7.41. The van der Waals surface area contributed by atoms with E-state index >= 15 is 0 Å². The first-order chi connectivity index (χ1) is 12.1. The average molecular weight is 363 g/mol. The van der Waals surface area contributed by atoms with E-state index in [9.17, 15) is 9.18 Å². The minimum Gasteiger partial charge on any atom is -0.497 e.